The predicted octanol–water partition coefficient (Wildman–Crippen LogP) is 6.77. The van der Waals surface area contributed by atoms with E-state index in [4.69, 9.17) is 21.4 Å². The minimum atomic E-state index is -0.398. The normalized spacial score (nSPS) is 14.4. The molecule has 2 amide bonds. The molecule has 0 radical (unpaired) electrons. The highest BCUT2D eigenvalue weighted by atomic mass is 35.5. The third kappa shape index (κ3) is 4.21. The Morgan fingerprint density at radius 1 is 1.00 bits per heavy atom. The van der Waals surface area contributed by atoms with Gasteiger partial charge in [0, 0.05) is 28.5 Å². The molecule has 0 unspecified atom stereocenters. The first-order chi connectivity index (χ1) is 18.5. The highest BCUT2D eigenvalue weighted by Crippen LogP contribution is 2.39. The number of hydrogen-bond donors (Lipinski definition) is 1. The number of methoxy groups -OCH3 is 1. The van der Waals surface area contributed by atoms with Gasteiger partial charge in [-0.15, -0.1) is 0 Å². The molecule has 7 nitrogen and oxygen atoms in total. The number of aryl methyl sites for hydroxylation is 1. The smallest absolute Gasteiger partial charge is 0.322 e. The van der Waals surface area contributed by atoms with Crippen molar-refractivity contribution in [2.45, 2.75) is 19.5 Å². The van der Waals surface area contributed by atoms with Crippen LogP contribution < -0.4 is 10.1 Å². The Morgan fingerprint density at radius 2 is 1.82 bits per heavy atom. The molecule has 0 bridgehead atoms. The van der Waals surface area contributed by atoms with Crippen LogP contribution in [0.4, 0.5) is 10.5 Å². The number of nitrogens with one attached hydrogen (secondary N) is 1. The van der Waals surface area contributed by atoms with E-state index in [1.165, 1.54) is 0 Å². The number of nitrogens with zero attached hydrogens (tertiary/aromatic N) is 4. The standard InChI is InChI=1S/C30H26ClN5O2/c1-20-26-19-35(30(37)32-23-11-7-14-25(18-23)38-2)28(21-9-6-10-22(31)17-21)27-15-8-16-34(27)29(26)36(33-20)24-12-4-3-5-13-24/h3-18,28H,19H2,1-2H3,(H,32,37)/t28-/m0/s1. The van der Waals surface area contributed by atoms with Gasteiger partial charge in [0.2, 0.25) is 0 Å². The molecule has 3 heterocycles. The second-order valence-corrected chi connectivity index (χ2v) is 9.62. The number of amides is 2. The summed E-state index contributed by atoms with van der Waals surface area (Å²) in [5.74, 6) is 1.58. The Kier molecular flexibility index (Phi) is 6.13. The lowest BCUT2D eigenvalue weighted by Gasteiger charge is -2.31. The molecule has 0 saturated heterocycles. The van der Waals surface area contributed by atoms with E-state index in [-0.39, 0.29) is 6.03 Å². The van der Waals surface area contributed by atoms with E-state index in [1.54, 1.807) is 13.2 Å². The summed E-state index contributed by atoms with van der Waals surface area (Å²) in [6, 6.07) is 28.5. The molecule has 5 aromatic rings. The first kappa shape index (κ1) is 23.9. The summed E-state index contributed by atoms with van der Waals surface area (Å²) in [7, 11) is 1.60. The molecule has 1 atom stereocenters. The van der Waals surface area contributed by atoms with Gasteiger partial charge >= 0.3 is 6.03 Å². The third-order valence-electron chi connectivity index (χ3n) is 6.83. The Bertz CT molecular complexity index is 1620. The maximum absolute atomic E-state index is 14.0. The summed E-state index contributed by atoms with van der Waals surface area (Å²) in [4.78, 5) is 15.9. The second-order valence-electron chi connectivity index (χ2n) is 9.19. The second kappa shape index (κ2) is 9.76. The van der Waals surface area contributed by atoms with Crippen molar-refractivity contribution in [2.75, 3.05) is 12.4 Å². The molecule has 38 heavy (non-hydrogen) atoms. The minimum absolute atomic E-state index is 0.240. The topological polar surface area (TPSA) is 64.3 Å². The van der Waals surface area contributed by atoms with E-state index in [0.717, 1.165) is 34.0 Å². The number of carbonyl (C=O) groups excluding carboxylic acids is 1. The molecule has 6 rings (SSSR count). The van der Waals surface area contributed by atoms with Crippen LogP contribution in [0, 0.1) is 6.92 Å². The molecule has 3 aromatic carbocycles. The molecular formula is C30H26ClN5O2. The monoisotopic (exact) mass is 523 g/mol. The van der Waals surface area contributed by atoms with Crippen LogP contribution in [0.15, 0.2) is 97.2 Å². The predicted molar refractivity (Wildman–Crippen MR) is 148 cm³/mol. The molecule has 0 saturated carbocycles. The minimum Gasteiger partial charge on any atom is -0.497 e. The summed E-state index contributed by atoms with van der Waals surface area (Å²) in [6.45, 7) is 2.34. The van der Waals surface area contributed by atoms with Crippen LogP contribution >= 0.6 is 11.6 Å². The quantitative estimate of drug-likeness (QED) is 0.283. The van der Waals surface area contributed by atoms with Gasteiger partial charge < -0.3 is 19.5 Å². The van der Waals surface area contributed by atoms with E-state index in [9.17, 15) is 4.79 Å². The van der Waals surface area contributed by atoms with Crippen molar-refractivity contribution in [3.05, 3.63) is 125 Å². The number of benzene rings is 3. The molecule has 8 heteroatoms. The molecule has 2 aromatic heterocycles. The van der Waals surface area contributed by atoms with Crippen molar-refractivity contribution < 1.29 is 9.53 Å². The molecule has 1 N–H and O–H groups in total. The van der Waals surface area contributed by atoms with E-state index in [0.29, 0.717) is 23.0 Å². The third-order valence-corrected chi connectivity index (χ3v) is 7.07. The number of rotatable bonds is 4. The van der Waals surface area contributed by atoms with Crippen molar-refractivity contribution in [3.63, 3.8) is 0 Å². The molecule has 0 spiro atoms. The van der Waals surface area contributed by atoms with Gasteiger partial charge in [0.25, 0.3) is 0 Å². The Labute approximate surface area is 225 Å². The Hall–Kier alpha value is -4.49. The highest BCUT2D eigenvalue weighted by Gasteiger charge is 2.36. The number of fused-ring (bicyclic) bond motifs is 3. The van der Waals surface area contributed by atoms with Gasteiger partial charge in [0.05, 0.1) is 36.8 Å². The largest absolute Gasteiger partial charge is 0.497 e. The lowest BCUT2D eigenvalue weighted by Crippen LogP contribution is -2.38. The first-order valence-corrected chi connectivity index (χ1v) is 12.7. The van der Waals surface area contributed by atoms with Gasteiger partial charge in [-0.3, -0.25) is 0 Å². The summed E-state index contributed by atoms with van der Waals surface area (Å²) in [5.41, 5.74) is 5.27. The Balaban J connectivity index is 1.52. The van der Waals surface area contributed by atoms with E-state index >= 15 is 0 Å². The van der Waals surface area contributed by atoms with Crippen molar-refractivity contribution in [3.8, 4) is 17.3 Å². The zero-order valence-corrected chi connectivity index (χ0v) is 21.8. The number of aromatic nitrogens is 3. The van der Waals surface area contributed by atoms with E-state index < -0.39 is 6.04 Å². The van der Waals surface area contributed by atoms with Crippen molar-refractivity contribution in [1.29, 1.82) is 0 Å². The number of hydrogen-bond acceptors (Lipinski definition) is 3. The SMILES string of the molecule is COc1cccc(NC(=O)N2Cc3c(C)nn(-c4ccccc4)c3-n3cccc3[C@@H]2c2cccc(Cl)c2)c1. The fourth-order valence-electron chi connectivity index (χ4n) is 5.07. The van der Waals surface area contributed by atoms with Crippen LogP contribution in [0.25, 0.3) is 11.5 Å². The van der Waals surface area contributed by atoms with Gasteiger partial charge in [-0.25, -0.2) is 9.48 Å². The zero-order valence-electron chi connectivity index (χ0n) is 21.0. The first-order valence-electron chi connectivity index (χ1n) is 12.3. The average molecular weight is 524 g/mol. The number of para-hydroxylation sites is 1. The van der Waals surface area contributed by atoms with Crippen LogP contribution in [0.2, 0.25) is 5.02 Å². The van der Waals surface area contributed by atoms with Crippen LogP contribution in [-0.2, 0) is 6.54 Å². The molecule has 190 valence electrons. The van der Waals surface area contributed by atoms with Crippen molar-refractivity contribution in [2.24, 2.45) is 0 Å². The molecule has 0 fully saturated rings. The molecule has 0 aliphatic carbocycles. The van der Waals surface area contributed by atoms with Gasteiger partial charge in [0.1, 0.15) is 11.6 Å². The van der Waals surface area contributed by atoms with Gasteiger partial charge in [-0.2, -0.15) is 5.10 Å². The molecule has 1 aliphatic heterocycles. The van der Waals surface area contributed by atoms with Crippen LogP contribution in [0.1, 0.15) is 28.6 Å². The lowest BCUT2D eigenvalue weighted by atomic mass is 10.0. The summed E-state index contributed by atoms with van der Waals surface area (Å²) < 4.78 is 9.44. The van der Waals surface area contributed by atoms with Crippen LogP contribution in [0.3, 0.4) is 0 Å². The number of halogens is 1. The summed E-state index contributed by atoms with van der Waals surface area (Å²) in [5, 5.41) is 8.59. The zero-order chi connectivity index (χ0) is 26.2. The Morgan fingerprint density at radius 3 is 2.61 bits per heavy atom. The summed E-state index contributed by atoms with van der Waals surface area (Å²) >= 11 is 6.44. The number of carbonyl (C=O) groups is 1. The summed E-state index contributed by atoms with van der Waals surface area (Å²) in [6.07, 6.45) is 2.02. The fourth-order valence-corrected chi connectivity index (χ4v) is 5.27. The number of anilines is 1. The highest BCUT2D eigenvalue weighted by molar-refractivity contribution is 6.30. The molecule has 1 aliphatic rings. The van der Waals surface area contributed by atoms with E-state index in [2.05, 4.69) is 9.88 Å². The lowest BCUT2D eigenvalue weighted by molar-refractivity contribution is 0.194. The van der Waals surface area contributed by atoms with Crippen molar-refractivity contribution in [1.82, 2.24) is 19.2 Å². The number of urea groups is 1. The number of ether oxygens (including phenoxy) is 1. The van der Waals surface area contributed by atoms with Crippen molar-refractivity contribution >= 4 is 23.3 Å². The van der Waals surface area contributed by atoms with Gasteiger partial charge in [0.15, 0.2) is 0 Å². The van der Waals surface area contributed by atoms with Gasteiger partial charge in [-0.05, 0) is 61.0 Å². The van der Waals surface area contributed by atoms with Crippen LogP contribution in [0.5, 0.6) is 5.75 Å². The fraction of sp³-hybridized carbons (Fsp3) is 0.133. The van der Waals surface area contributed by atoms with Gasteiger partial charge in [-0.1, -0.05) is 48.0 Å². The maximum atomic E-state index is 14.0. The van der Waals surface area contributed by atoms with E-state index in [1.807, 2.05) is 108 Å². The molecular weight excluding hydrogens is 498 g/mol. The average Bonchev–Trinajstić information content (AvgIpc) is 3.49. The van der Waals surface area contributed by atoms with Crippen LogP contribution in [-0.4, -0.2) is 32.4 Å². The maximum Gasteiger partial charge on any atom is 0.322 e.